The zero-order chi connectivity index (χ0) is 9.26. The Labute approximate surface area is 75.0 Å². The fourth-order valence-electron chi connectivity index (χ4n) is 1.18. The first-order chi connectivity index (χ1) is 6.27. The average Bonchev–Trinajstić information content (AvgIpc) is 2.61. The number of amidine groups is 1. The second kappa shape index (κ2) is 3.05. The summed E-state index contributed by atoms with van der Waals surface area (Å²) in [6.45, 7) is 2.21. The molecule has 0 saturated heterocycles. The Morgan fingerprint density at radius 3 is 2.92 bits per heavy atom. The van der Waals surface area contributed by atoms with Gasteiger partial charge in [-0.25, -0.2) is 9.38 Å². The number of hydrogen-bond acceptors (Lipinski definition) is 3. The quantitative estimate of drug-likeness (QED) is 0.631. The van der Waals surface area contributed by atoms with E-state index in [2.05, 4.69) is 15.2 Å². The van der Waals surface area contributed by atoms with Gasteiger partial charge in [-0.05, 0) is 19.1 Å². The van der Waals surface area contributed by atoms with Crippen molar-refractivity contribution in [2.45, 2.75) is 6.92 Å². The third-order valence-electron chi connectivity index (χ3n) is 1.81. The van der Waals surface area contributed by atoms with Gasteiger partial charge in [-0.15, -0.1) is 5.11 Å². The van der Waals surface area contributed by atoms with Gasteiger partial charge in [-0.1, -0.05) is 11.6 Å². The lowest BCUT2D eigenvalue weighted by Gasteiger charge is -1.99. The van der Waals surface area contributed by atoms with Crippen molar-refractivity contribution in [1.82, 2.24) is 0 Å². The van der Waals surface area contributed by atoms with Crippen molar-refractivity contribution in [1.29, 1.82) is 0 Å². The van der Waals surface area contributed by atoms with Gasteiger partial charge in [0, 0.05) is 0 Å². The lowest BCUT2D eigenvalue weighted by atomic mass is 10.1. The van der Waals surface area contributed by atoms with E-state index in [1.54, 1.807) is 12.1 Å². The van der Waals surface area contributed by atoms with Gasteiger partial charge in [0.05, 0.1) is 5.56 Å². The van der Waals surface area contributed by atoms with Gasteiger partial charge < -0.3 is 0 Å². The van der Waals surface area contributed by atoms with Gasteiger partial charge in [-0.2, -0.15) is 5.11 Å². The van der Waals surface area contributed by atoms with Crippen molar-refractivity contribution in [3.63, 3.8) is 0 Å². The molecule has 0 aromatic heterocycles. The van der Waals surface area contributed by atoms with E-state index in [0.29, 0.717) is 18.1 Å². The van der Waals surface area contributed by atoms with Crippen molar-refractivity contribution in [2.24, 2.45) is 15.2 Å². The fraction of sp³-hybridized carbons (Fsp3) is 0.222. The smallest absolute Gasteiger partial charge is 0.181 e. The Hall–Kier alpha value is -1.58. The molecule has 0 aliphatic carbocycles. The molecule has 0 saturated carbocycles. The average molecular weight is 177 g/mol. The van der Waals surface area contributed by atoms with E-state index in [-0.39, 0.29) is 5.82 Å². The van der Waals surface area contributed by atoms with Crippen LogP contribution in [0.2, 0.25) is 0 Å². The van der Waals surface area contributed by atoms with Crippen molar-refractivity contribution in [3.05, 3.63) is 35.1 Å². The minimum absolute atomic E-state index is 0.301. The lowest BCUT2D eigenvalue weighted by Crippen LogP contribution is -1.98. The number of rotatable bonds is 1. The Morgan fingerprint density at radius 2 is 2.23 bits per heavy atom. The molecule has 0 bridgehead atoms. The van der Waals surface area contributed by atoms with Crippen molar-refractivity contribution < 1.29 is 4.39 Å². The molecule has 0 atom stereocenters. The lowest BCUT2D eigenvalue weighted by molar-refractivity contribution is 0.624. The Kier molecular flexibility index (Phi) is 1.88. The molecule has 1 aliphatic rings. The number of hydrogen-bond donors (Lipinski definition) is 0. The largest absolute Gasteiger partial charge is 0.239 e. The fourth-order valence-corrected chi connectivity index (χ4v) is 1.18. The summed E-state index contributed by atoms with van der Waals surface area (Å²) in [5.74, 6) is 0.0893. The van der Waals surface area contributed by atoms with E-state index >= 15 is 0 Å². The SMILES string of the molecule is Cc1ccc(F)c(C2=NCN=N2)c1. The van der Waals surface area contributed by atoms with Crippen LogP contribution >= 0.6 is 0 Å². The van der Waals surface area contributed by atoms with Gasteiger partial charge in [-0.3, -0.25) is 0 Å². The summed E-state index contributed by atoms with van der Waals surface area (Å²) in [5, 5.41) is 7.41. The molecule has 1 aromatic carbocycles. The van der Waals surface area contributed by atoms with Crippen LogP contribution in [0.25, 0.3) is 0 Å². The maximum absolute atomic E-state index is 13.2. The maximum atomic E-state index is 13.2. The highest BCUT2D eigenvalue weighted by atomic mass is 19.1. The summed E-state index contributed by atoms with van der Waals surface area (Å²) in [7, 11) is 0. The molecular formula is C9H8FN3. The molecule has 1 aliphatic heterocycles. The van der Waals surface area contributed by atoms with Crippen LogP contribution in [0.4, 0.5) is 4.39 Å². The van der Waals surface area contributed by atoms with Crippen LogP contribution in [0.1, 0.15) is 11.1 Å². The highest BCUT2D eigenvalue weighted by molar-refractivity contribution is 6.00. The van der Waals surface area contributed by atoms with E-state index in [9.17, 15) is 4.39 Å². The van der Waals surface area contributed by atoms with Crippen LogP contribution < -0.4 is 0 Å². The van der Waals surface area contributed by atoms with Gasteiger partial charge in [0.15, 0.2) is 12.5 Å². The summed E-state index contributed by atoms with van der Waals surface area (Å²) in [4.78, 5) is 3.95. The molecule has 0 fully saturated rings. The number of azo groups is 1. The zero-order valence-electron chi connectivity index (χ0n) is 7.16. The Morgan fingerprint density at radius 1 is 1.38 bits per heavy atom. The first-order valence-corrected chi connectivity index (χ1v) is 3.96. The number of benzene rings is 1. The predicted octanol–water partition coefficient (Wildman–Crippen LogP) is 2.30. The molecule has 0 amide bonds. The minimum Gasteiger partial charge on any atom is -0.239 e. The first kappa shape index (κ1) is 8.04. The molecule has 0 spiro atoms. The topological polar surface area (TPSA) is 37.1 Å². The third-order valence-corrected chi connectivity index (χ3v) is 1.81. The molecule has 4 heteroatoms. The molecule has 0 unspecified atom stereocenters. The van der Waals surface area contributed by atoms with Crippen LogP contribution in [0, 0.1) is 12.7 Å². The van der Waals surface area contributed by atoms with Crippen LogP contribution in [0.5, 0.6) is 0 Å². The van der Waals surface area contributed by atoms with Gasteiger partial charge in [0.1, 0.15) is 5.82 Å². The highest BCUT2D eigenvalue weighted by Crippen LogP contribution is 2.14. The number of aryl methyl sites for hydroxylation is 1. The molecule has 66 valence electrons. The summed E-state index contributed by atoms with van der Waals surface area (Å²) in [6, 6.07) is 4.85. The number of aliphatic imine (C=N–C) groups is 1. The molecule has 0 N–H and O–H groups in total. The van der Waals surface area contributed by atoms with Crippen molar-refractivity contribution >= 4 is 5.84 Å². The standard InChI is InChI=1S/C9H8FN3/c1-6-2-3-8(10)7(4-6)9-11-5-12-13-9/h2-4H,5H2,1H3. The summed E-state index contributed by atoms with van der Waals surface area (Å²) in [6.07, 6.45) is 0. The van der Waals surface area contributed by atoms with Crippen LogP contribution in [-0.2, 0) is 0 Å². The highest BCUT2D eigenvalue weighted by Gasteiger charge is 2.11. The van der Waals surface area contributed by atoms with E-state index in [0.717, 1.165) is 5.56 Å². The minimum atomic E-state index is -0.301. The normalized spacial score (nSPS) is 14.8. The predicted molar refractivity (Wildman–Crippen MR) is 47.4 cm³/mol. The Balaban J connectivity index is 2.50. The van der Waals surface area contributed by atoms with Crippen LogP contribution in [0.3, 0.4) is 0 Å². The molecule has 3 nitrogen and oxygen atoms in total. The van der Waals surface area contributed by atoms with Crippen LogP contribution in [0.15, 0.2) is 33.4 Å². The molecule has 13 heavy (non-hydrogen) atoms. The van der Waals surface area contributed by atoms with E-state index in [4.69, 9.17) is 0 Å². The van der Waals surface area contributed by atoms with Gasteiger partial charge in [0.25, 0.3) is 0 Å². The van der Waals surface area contributed by atoms with E-state index in [1.165, 1.54) is 6.07 Å². The molecule has 2 rings (SSSR count). The Bertz CT molecular complexity index is 396. The van der Waals surface area contributed by atoms with Crippen molar-refractivity contribution in [3.8, 4) is 0 Å². The summed E-state index contributed by atoms with van der Waals surface area (Å²) < 4.78 is 13.2. The molecule has 1 heterocycles. The third kappa shape index (κ3) is 1.47. The molecule has 1 aromatic rings. The number of nitrogens with zero attached hydrogens (tertiary/aromatic N) is 3. The first-order valence-electron chi connectivity index (χ1n) is 3.96. The molecular weight excluding hydrogens is 169 g/mol. The second-order valence-electron chi connectivity index (χ2n) is 2.85. The van der Waals surface area contributed by atoms with E-state index < -0.39 is 0 Å². The summed E-state index contributed by atoms with van der Waals surface area (Å²) >= 11 is 0. The molecule has 0 radical (unpaired) electrons. The van der Waals surface area contributed by atoms with Gasteiger partial charge in [0.2, 0.25) is 0 Å². The van der Waals surface area contributed by atoms with Crippen LogP contribution in [-0.4, -0.2) is 12.5 Å². The summed E-state index contributed by atoms with van der Waals surface area (Å²) in [5.41, 5.74) is 1.42. The second-order valence-corrected chi connectivity index (χ2v) is 2.85. The van der Waals surface area contributed by atoms with Gasteiger partial charge >= 0.3 is 0 Å². The zero-order valence-corrected chi connectivity index (χ0v) is 7.16. The monoisotopic (exact) mass is 177 g/mol. The number of halogens is 1. The maximum Gasteiger partial charge on any atom is 0.181 e. The van der Waals surface area contributed by atoms with Crippen molar-refractivity contribution in [2.75, 3.05) is 6.67 Å². The van der Waals surface area contributed by atoms with E-state index in [1.807, 2.05) is 6.92 Å².